The lowest BCUT2D eigenvalue weighted by Gasteiger charge is -2.40. The van der Waals surface area contributed by atoms with Crippen LogP contribution in [0, 0.1) is 0 Å². The van der Waals surface area contributed by atoms with Crippen LogP contribution >= 0.6 is 0 Å². The van der Waals surface area contributed by atoms with Gasteiger partial charge in [-0.1, -0.05) is 24.3 Å². The Balaban J connectivity index is 1.39. The summed E-state index contributed by atoms with van der Waals surface area (Å²) in [6.07, 6.45) is 4.27. The third kappa shape index (κ3) is 2.46. The van der Waals surface area contributed by atoms with Gasteiger partial charge in [0.05, 0.1) is 6.42 Å². The fourth-order valence-corrected chi connectivity index (χ4v) is 4.37. The van der Waals surface area contributed by atoms with Crippen molar-refractivity contribution in [2.75, 3.05) is 13.1 Å². The lowest BCUT2D eigenvalue weighted by molar-refractivity contribution is -0.135. The molecular weight excluding hydrogens is 306 g/mol. The maximum absolute atomic E-state index is 12.4. The Hall–Kier alpha value is -2.37. The average Bonchev–Trinajstić information content (AvgIpc) is 3.09. The highest BCUT2D eigenvalue weighted by atomic mass is 16.2. The number of amides is 4. The molecule has 2 fully saturated rings. The number of piperidine rings is 1. The molecule has 6 nitrogen and oxygen atoms in total. The zero-order valence-corrected chi connectivity index (χ0v) is 13.5. The number of hydrogen-bond donors (Lipinski definition) is 2. The molecule has 1 spiro atoms. The molecule has 0 bridgehead atoms. The highest BCUT2D eigenvalue weighted by Crippen LogP contribution is 2.46. The molecule has 1 aromatic rings. The smallest absolute Gasteiger partial charge is 0.322 e. The summed E-state index contributed by atoms with van der Waals surface area (Å²) in [5.74, 6) is -0.468. The normalized spacial score (nSPS) is 24.7. The summed E-state index contributed by atoms with van der Waals surface area (Å²) in [7, 11) is 0. The molecule has 24 heavy (non-hydrogen) atoms. The van der Waals surface area contributed by atoms with Crippen molar-refractivity contribution < 1.29 is 14.4 Å². The molecule has 6 heteroatoms. The number of carbonyl (C=O) groups excluding carboxylic acids is 3. The van der Waals surface area contributed by atoms with E-state index in [1.807, 2.05) is 4.90 Å². The predicted octanol–water partition coefficient (Wildman–Crippen LogP) is 1.09. The number of benzene rings is 1. The van der Waals surface area contributed by atoms with Crippen molar-refractivity contribution in [2.24, 2.45) is 0 Å². The van der Waals surface area contributed by atoms with Crippen molar-refractivity contribution in [1.82, 2.24) is 15.5 Å². The Morgan fingerprint density at radius 1 is 1.17 bits per heavy atom. The van der Waals surface area contributed by atoms with E-state index in [2.05, 4.69) is 34.9 Å². The van der Waals surface area contributed by atoms with Gasteiger partial charge in [0, 0.05) is 13.1 Å². The molecule has 0 aromatic heterocycles. The maximum Gasteiger partial charge on any atom is 0.322 e. The van der Waals surface area contributed by atoms with Crippen LogP contribution < -0.4 is 10.6 Å². The van der Waals surface area contributed by atoms with E-state index in [0.717, 1.165) is 38.8 Å². The number of imide groups is 1. The predicted molar refractivity (Wildman–Crippen MR) is 87.3 cm³/mol. The Morgan fingerprint density at radius 3 is 2.62 bits per heavy atom. The van der Waals surface area contributed by atoms with Crippen molar-refractivity contribution in [3.05, 3.63) is 35.4 Å². The third-order valence-electron chi connectivity index (χ3n) is 5.77. The van der Waals surface area contributed by atoms with E-state index in [0.29, 0.717) is 0 Å². The first-order valence-electron chi connectivity index (χ1n) is 8.55. The van der Waals surface area contributed by atoms with Gasteiger partial charge < -0.3 is 10.2 Å². The van der Waals surface area contributed by atoms with Gasteiger partial charge in [0.25, 0.3) is 5.91 Å². The standard InChI is InChI=1S/C18H21N3O3/c22-15(11-14-16(23)20-17(24)19-14)21-9-7-18(8-10-21)6-5-12-3-1-2-4-13(12)18/h1-4,14H,5-11H2,(H2,19,20,23,24). The van der Waals surface area contributed by atoms with E-state index >= 15 is 0 Å². The number of nitrogens with one attached hydrogen (secondary N) is 2. The molecule has 2 aliphatic heterocycles. The summed E-state index contributed by atoms with van der Waals surface area (Å²) < 4.78 is 0. The third-order valence-corrected chi connectivity index (χ3v) is 5.77. The quantitative estimate of drug-likeness (QED) is 0.798. The molecule has 4 amide bonds. The van der Waals surface area contributed by atoms with Gasteiger partial charge in [0.1, 0.15) is 6.04 Å². The van der Waals surface area contributed by atoms with Gasteiger partial charge in [-0.3, -0.25) is 14.9 Å². The summed E-state index contributed by atoms with van der Waals surface area (Å²) in [6, 6.07) is 7.40. The lowest BCUT2D eigenvalue weighted by Crippen LogP contribution is -2.46. The molecule has 1 atom stereocenters. The van der Waals surface area contributed by atoms with Gasteiger partial charge in [-0.2, -0.15) is 0 Å². The van der Waals surface area contributed by atoms with Gasteiger partial charge in [0.2, 0.25) is 5.91 Å². The van der Waals surface area contributed by atoms with Crippen LogP contribution in [0.15, 0.2) is 24.3 Å². The molecule has 3 aliphatic rings. The van der Waals surface area contributed by atoms with Crippen LogP contribution in [0.2, 0.25) is 0 Å². The van der Waals surface area contributed by atoms with Gasteiger partial charge >= 0.3 is 6.03 Å². The van der Waals surface area contributed by atoms with Crippen molar-refractivity contribution in [1.29, 1.82) is 0 Å². The van der Waals surface area contributed by atoms with Crippen molar-refractivity contribution in [3.8, 4) is 0 Å². The second-order valence-corrected chi connectivity index (χ2v) is 7.04. The number of aryl methyl sites for hydroxylation is 1. The number of carbonyl (C=O) groups is 3. The van der Waals surface area contributed by atoms with Crippen LogP contribution in [0.5, 0.6) is 0 Å². The van der Waals surface area contributed by atoms with Crippen LogP contribution in [-0.4, -0.2) is 41.9 Å². The second kappa shape index (κ2) is 5.61. The minimum absolute atomic E-state index is 0.0428. The second-order valence-electron chi connectivity index (χ2n) is 7.04. The summed E-state index contributed by atoms with van der Waals surface area (Å²) >= 11 is 0. The Labute approximate surface area is 140 Å². The van der Waals surface area contributed by atoms with Crippen molar-refractivity contribution in [2.45, 2.75) is 43.6 Å². The van der Waals surface area contributed by atoms with Gasteiger partial charge in [-0.25, -0.2) is 4.79 Å². The molecule has 2 saturated heterocycles. The Bertz CT molecular complexity index is 707. The van der Waals surface area contributed by atoms with E-state index in [1.54, 1.807) is 0 Å². The molecule has 1 unspecified atom stereocenters. The topological polar surface area (TPSA) is 78.5 Å². The molecule has 2 N–H and O–H groups in total. The minimum atomic E-state index is -0.729. The van der Waals surface area contributed by atoms with E-state index in [4.69, 9.17) is 0 Å². The first-order valence-corrected chi connectivity index (χ1v) is 8.55. The SMILES string of the molecule is O=C1NC(=O)C(CC(=O)N2CCC3(CCc4ccccc43)CC2)N1. The van der Waals surface area contributed by atoms with Crippen LogP contribution in [0.25, 0.3) is 0 Å². The number of rotatable bonds is 2. The van der Waals surface area contributed by atoms with Crippen molar-refractivity contribution in [3.63, 3.8) is 0 Å². The van der Waals surface area contributed by atoms with E-state index in [9.17, 15) is 14.4 Å². The number of nitrogens with zero attached hydrogens (tertiary/aromatic N) is 1. The number of fused-ring (bicyclic) bond motifs is 2. The highest BCUT2D eigenvalue weighted by Gasteiger charge is 2.42. The molecule has 0 radical (unpaired) electrons. The average molecular weight is 327 g/mol. The van der Waals surface area contributed by atoms with Crippen LogP contribution in [0.3, 0.4) is 0 Å². The molecular formula is C18H21N3O3. The summed E-state index contributed by atoms with van der Waals surface area (Å²) in [4.78, 5) is 37.0. The number of likely N-dealkylation sites (tertiary alicyclic amines) is 1. The molecule has 2 heterocycles. The highest BCUT2D eigenvalue weighted by molar-refractivity contribution is 6.05. The Morgan fingerprint density at radius 2 is 1.92 bits per heavy atom. The van der Waals surface area contributed by atoms with E-state index in [1.165, 1.54) is 11.1 Å². The summed E-state index contributed by atoms with van der Waals surface area (Å²) in [5.41, 5.74) is 3.12. The summed E-state index contributed by atoms with van der Waals surface area (Å²) in [6.45, 7) is 1.44. The largest absolute Gasteiger partial charge is 0.343 e. The van der Waals surface area contributed by atoms with Gasteiger partial charge in [-0.15, -0.1) is 0 Å². The van der Waals surface area contributed by atoms with Gasteiger partial charge in [0.15, 0.2) is 0 Å². The monoisotopic (exact) mass is 327 g/mol. The summed E-state index contributed by atoms with van der Waals surface area (Å²) in [5, 5.41) is 4.65. The fraction of sp³-hybridized carbons (Fsp3) is 0.500. The van der Waals surface area contributed by atoms with Crippen LogP contribution in [0.4, 0.5) is 4.79 Å². The van der Waals surface area contributed by atoms with Crippen LogP contribution in [-0.2, 0) is 21.4 Å². The lowest BCUT2D eigenvalue weighted by atomic mass is 9.74. The fourth-order valence-electron chi connectivity index (χ4n) is 4.37. The zero-order chi connectivity index (χ0) is 16.7. The molecule has 1 aliphatic carbocycles. The first kappa shape index (κ1) is 15.2. The zero-order valence-electron chi connectivity index (χ0n) is 13.5. The maximum atomic E-state index is 12.4. The molecule has 1 aromatic carbocycles. The molecule has 126 valence electrons. The molecule has 4 rings (SSSR count). The minimum Gasteiger partial charge on any atom is -0.343 e. The first-order chi connectivity index (χ1) is 11.6. The Kier molecular flexibility index (Phi) is 3.55. The van der Waals surface area contributed by atoms with E-state index < -0.39 is 18.0 Å². The van der Waals surface area contributed by atoms with Gasteiger partial charge in [-0.05, 0) is 42.2 Å². The number of urea groups is 1. The molecule has 0 saturated carbocycles. The van der Waals surface area contributed by atoms with E-state index in [-0.39, 0.29) is 17.7 Å². The van der Waals surface area contributed by atoms with Crippen molar-refractivity contribution >= 4 is 17.8 Å². The number of hydrogen-bond acceptors (Lipinski definition) is 3. The van der Waals surface area contributed by atoms with Crippen LogP contribution in [0.1, 0.15) is 36.8 Å².